The summed E-state index contributed by atoms with van der Waals surface area (Å²) < 4.78 is 0. The molecule has 1 fully saturated rings. The molecule has 2 nitrogen and oxygen atoms in total. The van der Waals surface area contributed by atoms with Crippen LogP contribution in [-0.4, -0.2) is 5.91 Å². The van der Waals surface area contributed by atoms with Crippen LogP contribution in [0.2, 0.25) is 0 Å². The highest BCUT2D eigenvalue weighted by Crippen LogP contribution is 2.47. The average Bonchev–Trinajstić information content (AvgIpc) is 3.45. The highest BCUT2D eigenvalue weighted by atomic mass is 16.2. The summed E-state index contributed by atoms with van der Waals surface area (Å²) in [4.78, 5) is 12.4. The Hall–Kier alpha value is -2.87. The zero-order valence-electron chi connectivity index (χ0n) is 13.4. The van der Waals surface area contributed by atoms with Gasteiger partial charge in [0.15, 0.2) is 0 Å². The zero-order chi connectivity index (χ0) is 16.4. The van der Waals surface area contributed by atoms with Crippen molar-refractivity contribution in [3.63, 3.8) is 0 Å². The van der Waals surface area contributed by atoms with Crippen LogP contribution < -0.4 is 5.32 Å². The highest BCUT2D eigenvalue weighted by molar-refractivity contribution is 5.95. The Balaban J connectivity index is 1.40. The number of hydrogen-bond acceptors (Lipinski definition) is 1. The number of rotatable bonds is 4. The smallest absolute Gasteiger partial charge is 0.228 e. The number of carbonyl (C=O) groups is 1. The lowest BCUT2D eigenvalue weighted by Crippen LogP contribution is -2.14. The minimum absolute atomic E-state index is 0.0983. The maximum Gasteiger partial charge on any atom is 0.228 e. The molecule has 1 aliphatic rings. The number of nitrogens with one attached hydrogen (secondary N) is 1. The standard InChI is InChI=1S/C22H19NO/c24-22(21-15-20(21)18-9-5-2-6-10-18)23-19-13-11-17(12-14-19)16-7-3-1-4-8-16/h1-14,20-21H,15H2,(H,23,24)/t20-,21+/m0/s1. The van der Waals surface area contributed by atoms with Crippen LogP contribution in [0, 0.1) is 5.92 Å². The molecule has 24 heavy (non-hydrogen) atoms. The van der Waals surface area contributed by atoms with Gasteiger partial charge in [0.25, 0.3) is 0 Å². The summed E-state index contributed by atoms with van der Waals surface area (Å²) in [7, 11) is 0. The van der Waals surface area contributed by atoms with Crippen molar-refractivity contribution in [2.24, 2.45) is 5.92 Å². The van der Waals surface area contributed by atoms with Gasteiger partial charge in [-0.15, -0.1) is 0 Å². The second-order valence-electron chi connectivity index (χ2n) is 6.29. The van der Waals surface area contributed by atoms with Crippen LogP contribution in [0.5, 0.6) is 0 Å². The zero-order valence-corrected chi connectivity index (χ0v) is 13.4. The van der Waals surface area contributed by atoms with Crippen molar-refractivity contribution in [1.82, 2.24) is 0 Å². The van der Waals surface area contributed by atoms with Crippen LogP contribution in [0.15, 0.2) is 84.9 Å². The molecule has 1 aliphatic carbocycles. The normalized spacial score (nSPS) is 18.8. The van der Waals surface area contributed by atoms with E-state index < -0.39 is 0 Å². The van der Waals surface area contributed by atoms with Gasteiger partial charge in [-0.05, 0) is 41.2 Å². The molecule has 0 saturated heterocycles. The van der Waals surface area contributed by atoms with Crippen molar-refractivity contribution < 1.29 is 4.79 Å². The molecule has 4 rings (SSSR count). The van der Waals surface area contributed by atoms with Gasteiger partial charge in [0.1, 0.15) is 0 Å². The van der Waals surface area contributed by atoms with Gasteiger partial charge in [-0.2, -0.15) is 0 Å². The molecule has 118 valence electrons. The Morgan fingerprint density at radius 1 is 0.750 bits per heavy atom. The van der Waals surface area contributed by atoms with E-state index in [2.05, 4.69) is 29.6 Å². The number of benzene rings is 3. The van der Waals surface area contributed by atoms with Gasteiger partial charge in [0, 0.05) is 11.6 Å². The van der Waals surface area contributed by atoms with E-state index in [0.717, 1.165) is 17.7 Å². The fourth-order valence-corrected chi connectivity index (χ4v) is 3.16. The van der Waals surface area contributed by atoms with E-state index in [0.29, 0.717) is 5.92 Å². The van der Waals surface area contributed by atoms with Crippen molar-refractivity contribution in [2.45, 2.75) is 12.3 Å². The van der Waals surface area contributed by atoms with E-state index >= 15 is 0 Å². The molecule has 0 radical (unpaired) electrons. The van der Waals surface area contributed by atoms with Gasteiger partial charge < -0.3 is 5.32 Å². The molecule has 0 heterocycles. The van der Waals surface area contributed by atoms with Gasteiger partial charge in [-0.3, -0.25) is 4.79 Å². The molecule has 2 atom stereocenters. The molecule has 0 bridgehead atoms. The second kappa shape index (κ2) is 6.32. The van der Waals surface area contributed by atoms with Crippen molar-refractivity contribution in [2.75, 3.05) is 5.32 Å². The monoisotopic (exact) mass is 313 g/mol. The van der Waals surface area contributed by atoms with E-state index in [-0.39, 0.29) is 11.8 Å². The van der Waals surface area contributed by atoms with Crippen LogP contribution in [0.1, 0.15) is 17.9 Å². The maximum absolute atomic E-state index is 12.4. The quantitative estimate of drug-likeness (QED) is 0.713. The molecule has 0 aromatic heterocycles. The molecule has 1 saturated carbocycles. The third kappa shape index (κ3) is 3.09. The van der Waals surface area contributed by atoms with Gasteiger partial charge in [-0.1, -0.05) is 72.8 Å². The van der Waals surface area contributed by atoms with Crippen LogP contribution in [0.3, 0.4) is 0 Å². The third-order valence-electron chi connectivity index (χ3n) is 4.61. The summed E-state index contributed by atoms with van der Waals surface area (Å²) in [6.45, 7) is 0. The van der Waals surface area contributed by atoms with E-state index in [1.165, 1.54) is 11.1 Å². The van der Waals surface area contributed by atoms with E-state index in [1.54, 1.807) is 0 Å². The summed E-state index contributed by atoms with van der Waals surface area (Å²) in [6, 6.07) is 28.6. The minimum atomic E-state index is 0.0983. The SMILES string of the molecule is O=C(Nc1ccc(-c2ccccc2)cc1)[C@@H]1C[C@H]1c1ccccc1. The largest absolute Gasteiger partial charge is 0.326 e. The molecule has 0 aliphatic heterocycles. The fraction of sp³-hybridized carbons (Fsp3) is 0.136. The number of anilines is 1. The summed E-state index contributed by atoms with van der Waals surface area (Å²) >= 11 is 0. The predicted octanol–water partition coefficient (Wildman–Crippen LogP) is 5.10. The lowest BCUT2D eigenvalue weighted by Gasteiger charge is -2.07. The third-order valence-corrected chi connectivity index (χ3v) is 4.61. The Bertz CT molecular complexity index is 825. The highest BCUT2D eigenvalue weighted by Gasteiger charge is 2.43. The first-order valence-corrected chi connectivity index (χ1v) is 8.32. The second-order valence-corrected chi connectivity index (χ2v) is 6.29. The lowest BCUT2D eigenvalue weighted by atomic mass is 10.1. The number of amides is 1. The minimum Gasteiger partial charge on any atom is -0.326 e. The van der Waals surface area contributed by atoms with Gasteiger partial charge >= 0.3 is 0 Å². The Morgan fingerprint density at radius 3 is 2.00 bits per heavy atom. The van der Waals surface area contributed by atoms with E-state index in [4.69, 9.17) is 0 Å². The average molecular weight is 313 g/mol. The first-order chi connectivity index (χ1) is 11.8. The van der Waals surface area contributed by atoms with Crippen molar-refractivity contribution in [1.29, 1.82) is 0 Å². The first-order valence-electron chi connectivity index (χ1n) is 8.32. The molecular weight excluding hydrogens is 294 g/mol. The summed E-state index contributed by atoms with van der Waals surface area (Å²) in [5.74, 6) is 0.590. The molecule has 3 aromatic rings. The molecule has 0 unspecified atom stereocenters. The molecular formula is C22H19NO. The Kier molecular flexibility index (Phi) is 3.87. The molecule has 3 aromatic carbocycles. The van der Waals surface area contributed by atoms with Gasteiger partial charge in [-0.25, -0.2) is 0 Å². The fourth-order valence-electron chi connectivity index (χ4n) is 3.16. The van der Waals surface area contributed by atoms with Gasteiger partial charge in [0.2, 0.25) is 5.91 Å². The van der Waals surface area contributed by atoms with Crippen molar-refractivity contribution >= 4 is 11.6 Å². The number of carbonyl (C=O) groups excluding carboxylic acids is 1. The maximum atomic E-state index is 12.4. The molecule has 1 amide bonds. The van der Waals surface area contributed by atoms with E-state index in [9.17, 15) is 4.79 Å². The summed E-state index contributed by atoms with van der Waals surface area (Å²) in [5.41, 5.74) is 4.46. The summed E-state index contributed by atoms with van der Waals surface area (Å²) in [6.07, 6.45) is 0.942. The van der Waals surface area contributed by atoms with Crippen LogP contribution in [0.25, 0.3) is 11.1 Å². The molecule has 0 spiro atoms. The van der Waals surface area contributed by atoms with Crippen LogP contribution in [-0.2, 0) is 4.79 Å². The first kappa shape index (κ1) is 14.7. The lowest BCUT2D eigenvalue weighted by molar-refractivity contribution is -0.117. The van der Waals surface area contributed by atoms with Crippen LogP contribution >= 0.6 is 0 Å². The van der Waals surface area contributed by atoms with Crippen molar-refractivity contribution in [3.8, 4) is 11.1 Å². The van der Waals surface area contributed by atoms with Gasteiger partial charge in [0.05, 0.1) is 0 Å². The topological polar surface area (TPSA) is 29.1 Å². The Morgan fingerprint density at radius 2 is 1.33 bits per heavy atom. The van der Waals surface area contributed by atoms with E-state index in [1.807, 2.05) is 60.7 Å². The van der Waals surface area contributed by atoms with Crippen molar-refractivity contribution in [3.05, 3.63) is 90.5 Å². The number of hydrogen-bond donors (Lipinski definition) is 1. The molecule has 2 heteroatoms. The van der Waals surface area contributed by atoms with Crippen LogP contribution in [0.4, 0.5) is 5.69 Å². The summed E-state index contributed by atoms with van der Waals surface area (Å²) in [5, 5.41) is 3.04. The predicted molar refractivity (Wildman–Crippen MR) is 97.8 cm³/mol. The molecule has 1 N–H and O–H groups in total. The Labute approximate surface area is 142 Å².